The summed E-state index contributed by atoms with van der Waals surface area (Å²) in [4.78, 5) is -1.09. The fourth-order valence-corrected chi connectivity index (χ4v) is 5.25. The van der Waals surface area contributed by atoms with Gasteiger partial charge in [-0.15, -0.1) is 0 Å². The zero-order chi connectivity index (χ0) is 23.8. The van der Waals surface area contributed by atoms with Gasteiger partial charge >= 0.3 is 59.1 Å². The Morgan fingerprint density at radius 2 is 1.68 bits per heavy atom. The van der Waals surface area contributed by atoms with Gasteiger partial charge in [0.1, 0.15) is 26.3 Å². The molecule has 2 aromatic rings. The average molecular weight is 568 g/mol. The summed E-state index contributed by atoms with van der Waals surface area (Å²) in [5.74, 6) is -0.145. The van der Waals surface area contributed by atoms with E-state index in [1.54, 1.807) is 0 Å². The van der Waals surface area contributed by atoms with E-state index in [9.17, 15) is 31.0 Å². The molecule has 0 saturated heterocycles. The Morgan fingerprint density at radius 1 is 1.03 bits per heavy atom. The maximum absolute atomic E-state index is 11.2. The van der Waals surface area contributed by atoms with Crippen LogP contribution in [0.1, 0.15) is 13.3 Å². The van der Waals surface area contributed by atoms with Gasteiger partial charge in [0.15, 0.2) is 0 Å². The summed E-state index contributed by atoms with van der Waals surface area (Å²) >= 11 is 12.0. The van der Waals surface area contributed by atoms with Gasteiger partial charge in [0.05, 0.1) is 43.4 Å². The Balaban J connectivity index is 0.00000289. The van der Waals surface area contributed by atoms with Gasteiger partial charge in [-0.25, -0.2) is 16.8 Å². The number of rotatable bonds is 6. The van der Waals surface area contributed by atoms with E-state index in [1.807, 2.05) is 6.92 Å². The third-order valence-corrected chi connectivity index (χ3v) is 7.46. The largest absolute Gasteiger partial charge is 1.00 e. The molecule has 0 spiro atoms. The minimum absolute atomic E-state index is 0. The monoisotopic (exact) mass is 567 g/mol. The summed E-state index contributed by atoms with van der Waals surface area (Å²) in [7, 11) is -9.44. The molecule has 0 aromatic heterocycles. The van der Waals surface area contributed by atoms with E-state index in [1.165, 1.54) is 18.2 Å². The van der Waals surface area contributed by atoms with Crippen LogP contribution in [0.15, 0.2) is 56.4 Å². The molecule has 34 heavy (non-hydrogen) atoms. The van der Waals surface area contributed by atoms with Gasteiger partial charge < -0.3 is 19.5 Å². The van der Waals surface area contributed by atoms with Crippen LogP contribution in [-0.2, 0) is 20.2 Å². The first kappa shape index (κ1) is 32.2. The molecule has 0 amide bonds. The first-order valence-electron chi connectivity index (χ1n) is 9.13. The number of anilines is 1. The smallest absolute Gasteiger partial charge is 0.744 e. The van der Waals surface area contributed by atoms with E-state index < -0.39 is 48.2 Å². The van der Waals surface area contributed by atoms with Crippen LogP contribution >= 0.6 is 23.2 Å². The summed E-state index contributed by atoms with van der Waals surface area (Å²) in [6, 6.07) is 5.97. The summed E-state index contributed by atoms with van der Waals surface area (Å²) < 4.78 is 67.1. The van der Waals surface area contributed by atoms with Crippen LogP contribution in [0.3, 0.4) is 0 Å². The Hall–Kier alpha value is 0.200. The topological polar surface area (TPSA) is 171 Å². The van der Waals surface area contributed by atoms with Gasteiger partial charge in [0.2, 0.25) is 0 Å². The molecule has 2 aromatic carbocycles. The molecule has 0 radical (unpaired) electrons. The molecule has 174 valence electrons. The number of aliphatic hydroxyl groups excluding tert-OH is 1. The van der Waals surface area contributed by atoms with Crippen molar-refractivity contribution in [3.63, 3.8) is 0 Å². The quantitative estimate of drug-likeness (QED) is 0.213. The average Bonchev–Trinajstić information content (AvgIpc) is 2.94. The third kappa shape index (κ3) is 7.85. The molecule has 0 heterocycles. The first-order chi connectivity index (χ1) is 14.8. The van der Waals surface area contributed by atoms with Crippen LogP contribution in [0.4, 0.5) is 11.4 Å². The molecule has 2 N–H and O–H groups in total. The van der Waals surface area contributed by atoms with Gasteiger partial charge in [-0.3, -0.25) is 0 Å². The number of nitrogens with one attached hydrogen (secondary N) is 1. The molecule has 16 heteroatoms. The predicted molar refractivity (Wildman–Crippen MR) is 114 cm³/mol. The maximum atomic E-state index is 11.2. The summed E-state index contributed by atoms with van der Waals surface area (Å²) in [6.07, 6.45) is -0.590. The van der Waals surface area contributed by atoms with E-state index >= 15 is 0 Å². The van der Waals surface area contributed by atoms with Crippen molar-refractivity contribution in [3.8, 4) is 0 Å². The summed E-state index contributed by atoms with van der Waals surface area (Å²) in [5, 5.41) is 21.4. The molecule has 1 aliphatic carbocycles. The number of hydrogen-bond donors (Lipinski definition) is 2. The first-order valence-corrected chi connectivity index (χ1v) is 12.7. The van der Waals surface area contributed by atoms with Gasteiger partial charge in [-0.1, -0.05) is 36.2 Å². The minimum atomic E-state index is -4.80. The SMILES string of the molecule is CC1CC(Nc2cc(Cl)c(S(=O)(=O)[O-])cc2Cl)C(O)C1N=Nc1cccc(S(=O)(=O)[O-])c1.[Na+].[Na+]. The van der Waals surface area contributed by atoms with Gasteiger partial charge in [0, 0.05) is 0 Å². The number of hydrogen-bond acceptors (Lipinski definition) is 10. The fourth-order valence-electron chi connectivity index (χ4n) is 3.45. The number of benzene rings is 2. The molecule has 1 fully saturated rings. The van der Waals surface area contributed by atoms with Gasteiger partial charge in [-0.05, 0) is 42.7 Å². The molecule has 10 nitrogen and oxygen atoms in total. The zero-order valence-corrected chi connectivity index (χ0v) is 25.5. The van der Waals surface area contributed by atoms with Crippen LogP contribution in [0.2, 0.25) is 10.0 Å². The van der Waals surface area contributed by atoms with Crippen LogP contribution in [0.25, 0.3) is 0 Å². The second kappa shape index (κ2) is 12.6. The second-order valence-electron chi connectivity index (χ2n) is 7.33. The molecule has 1 aliphatic rings. The van der Waals surface area contributed by atoms with Crippen molar-refractivity contribution in [1.29, 1.82) is 0 Å². The zero-order valence-electron chi connectivity index (χ0n) is 18.3. The third-order valence-electron chi connectivity index (χ3n) is 5.02. The van der Waals surface area contributed by atoms with Crippen molar-refractivity contribution in [2.75, 3.05) is 5.32 Å². The van der Waals surface area contributed by atoms with Crippen LogP contribution in [-0.4, -0.2) is 49.2 Å². The normalized spacial score (nSPS) is 22.8. The molecular weight excluding hydrogens is 551 g/mol. The van der Waals surface area contributed by atoms with Gasteiger partial charge in [0.25, 0.3) is 0 Å². The van der Waals surface area contributed by atoms with E-state index in [0.717, 1.165) is 18.2 Å². The number of azo groups is 1. The minimum Gasteiger partial charge on any atom is -0.744 e. The fraction of sp³-hybridized carbons (Fsp3) is 0.333. The summed E-state index contributed by atoms with van der Waals surface area (Å²) in [6.45, 7) is 1.83. The standard InChI is InChI=1S/C18H19Cl2N3O7S2.2Na/c1-9-5-15(21-14-7-13(20)16(8-12(14)19)32(28,29)30)18(24)17(9)23-22-10-3-2-4-11(6-10)31(25,26)27;;/h2-4,6-9,15,17-18,21,24H,5H2,1H3,(H,25,26,27)(H,28,29,30);;/q;2*+1/p-2. The molecule has 4 unspecified atom stereocenters. The van der Waals surface area contributed by atoms with Crippen LogP contribution in [0.5, 0.6) is 0 Å². The van der Waals surface area contributed by atoms with E-state index in [0.29, 0.717) is 6.42 Å². The predicted octanol–water partition coefficient (Wildman–Crippen LogP) is -2.86. The molecular formula is C18H17Cl2N3Na2O7S2. The Bertz CT molecular complexity index is 1280. The second-order valence-corrected chi connectivity index (χ2v) is 10.9. The van der Waals surface area contributed by atoms with Crippen molar-refractivity contribution < 1.29 is 90.2 Å². The van der Waals surface area contributed by atoms with Crippen LogP contribution in [0, 0.1) is 5.92 Å². The summed E-state index contributed by atoms with van der Waals surface area (Å²) in [5.41, 5.74) is 0.369. The van der Waals surface area contributed by atoms with Crippen molar-refractivity contribution in [2.24, 2.45) is 16.1 Å². The number of aliphatic hydroxyl groups is 1. The molecule has 1 saturated carbocycles. The Kier molecular flexibility index (Phi) is 12.0. The van der Waals surface area contributed by atoms with Gasteiger partial charge in [-0.2, -0.15) is 10.2 Å². The Morgan fingerprint density at radius 3 is 2.26 bits per heavy atom. The van der Waals surface area contributed by atoms with Crippen molar-refractivity contribution >= 4 is 54.8 Å². The number of nitrogens with zero attached hydrogens (tertiary/aromatic N) is 2. The van der Waals surface area contributed by atoms with E-state index in [4.69, 9.17) is 23.2 Å². The van der Waals surface area contributed by atoms with E-state index in [2.05, 4.69) is 15.5 Å². The molecule has 0 aliphatic heterocycles. The van der Waals surface area contributed by atoms with Crippen molar-refractivity contribution in [3.05, 3.63) is 46.4 Å². The van der Waals surface area contributed by atoms with Crippen LogP contribution < -0.4 is 64.4 Å². The number of halogens is 2. The molecule has 4 atom stereocenters. The maximum Gasteiger partial charge on any atom is 1.00 e. The van der Waals surface area contributed by atoms with Crippen molar-refractivity contribution in [1.82, 2.24) is 0 Å². The Labute approximate surface area is 251 Å². The molecule has 0 bridgehead atoms. The van der Waals surface area contributed by atoms with E-state index in [-0.39, 0.29) is 86.5 Å². The van der Waals surface area contributed by atoms with Crippen molar-refractivity contribution in [2.45, 2.75) is 41.3 Å². The molecule has 3 rings (SSSR count).